The third kappa shape index (κ3) is 4.90. The van der Waals surface area contributed by atoms with Crippen molar-refractivity contribution < 1.29 is 14.4 Å². The van der Waals surface area contributed by atoms with E-state index in [0.717, 1.165) is 0 Å². The van der Waals surface area contributed by atoms with Crippen LogP contribution in [0.15, 0.2) is 0 Å². The molecule has 0 fully saturated rings. The van der Waals surface area contributed by atoms with Crippen LogP contribution in [0.25, 0.3) is 0 Å². The van der Waals surface area contributed by atoms with Gasteiger partial charge >= 0.3 is 0 Å². The van der Waals surface area contributed by atoms with E-state index < -0.39 is 23.4 Å². The second-order valence-corrected chi connectivity index (χ2v) is 5.11. The van der Waals surface area contributed by atoms with Gasteiger partial charge in [0.15, 0.2) is 5.54 Å². The number of carbonyl (C=O) groups is 2. The molecule has 0 aromatic heterocycles. The van der Waals surface area contributed by atoms with Gasteiger partial charge in [0.2, 0.25) is 18.1 Å². The molecule has 2 amide bonds. The standard InChI is InChI=1S/C13H25N4O3/c1-9(2)10(8-18)17-12(20)13(15,11(19)16-3)6-4-5-7-14/h9-10H,4-7,14-15H2,1-3H3,(H,16,19)(H,17,20)/t10-,13-/m1/s1. The number of likely N-dealkylation sites (N-methyl/N-ethyl adjacent to an activating group) is 1. The van der Waals surface area contributed by atoms with E-state index in [1.54, 1.807) is 20.1 Å². The summed E-state index contributed by atoms with van der Waals surface area (Å²) in [4.78, 5) is 34.9. The fourth-order valence-corrected chi connectivity index (χ4v) is 1.70. The first-order valence-electron chi connectivity index (χ1n) is 6.73. The van der Waals surface area contributed by atoms with Crippen LogP contribution in [0.4, 0.5) is 0 Å². The van der Waals surface area contributed by atoms with Gasteiger partial charge in [0.1, 0.15) is 0 Å². The molecule has 2 atom stereocenters. The van der Waals surface area contributed by atoms with Crippen LogP contribution in [0, 0.1) is 5.92 Å². The molecule has 7 heteroatoms. The second kappa shape index (κ2) is 8.65. The van der Waals surface area contributed by atoms with E-state index in [9.17, 15) is 14.4 Å². The normalized spacial score (nSPS) is 15.3. The fourth-order valence-electron chi connectivity index (χ4n) is 1.70. The van der Waals surface area contributed by atoms with E-state index in [1.165, 1.54) is 7.05 Å². The summed E-state index contributed by atoms with van der Waals surface area (Å²) in [6.07, 6.45) is 3.12. The molecule has 0 saturated heterocycles. The molecule has 6 N–H and O–H groups in total. The zero-order valence-corrected chi connectivity index (χ0v) is 12.4. The number of hydrogen-bond acceptors (Lipinski definition) is 5. The van der Waals surface area contributed by atoms with Crippen LogP contribution < -0.4 is 22.1 Å². The van der Waals surface area contributed by atoms with Gasteiger partial charge in [0, 0.05) is 7.05 Å². The van der Waals surface area contributed by atoms with E-state index in [-0.39, 0.29) is 12.3 Å². The van der Waals surface area contributed by atoms with Gasteiger partial charge in [0.25, 0.3) is 0 Å². The summed E-state index contributed by atoms with van der Waals surface area (Å²) in [7, 11) is 1.41. The lowest BCUT2D eigenvalue weighted by molar-refractivity contribution is -0.137. The lowest BCUT2D eigenvalue weighted by atomic mass is 9.90. The fraction of sp³-hybridized carbons (Fsp3) is 0.769. The maximum Gasteiger partial charge on any atom is 0.250 e. The molecule has 0 bridgehead atoms. The van der Waals surface area contributed by atoms with Crippen LogP contribution in [0.2, 0.25) is 0 Å². The third-order valence-electron chi connectivity index (χ3n) is 3.14. The monoisotopic (exact) mass is 285 g/mol. The van der Waals surface area contributed by atoms with Gasteiger partial charge in [-0.3, -0.25) is 14.4 Å². The summed E-state index contributed by atoms with van der Waals surface area (Å²) in [5.74, 6) is -1.38. The molecule has 7 nitrogen and oxygen atoms in total. The van der Waals surface area contributed by atoms with Gasteiger partial charge in [-0.1, -0.05) is 13.8 Å². The van der Waals surface area contributed by atoms with E-state index in [1.807, 2.05) is 0 Å². The lowest BCUT2D eigenvalue weighted by Crippen LogP contribution is -2.64. The molecule has 1 radical (unpaired) electrons. The first-order valence-corrected chi connectivity index (χ1v) is 6.73. The van der Waals surface area contributed by atoms with Gasteiger partial charge in [-0.15, -0.1) is 0 Å². The van der Waals surface area contributed by atoms with E-state index in [2.05, 4.69) is 10.6 Å². The van der Waals surface area contributed by atoms with Crippen LogP contribution >= 0.6 is 0 Å². The minimum atomic E-state index is -1.70. The minimum absolute atomic E-state index is 0.130. The van der Waals surface area contributed by atoms with Crippen LogP contribution in [-0.2, 0) is 14.4 Å². The predicted octanol–water partition coefficient (Wildman–Crippen LogP) is -1.19. The Morgan fingerprint density at radius 2 is 1.85 bits per heavy atom. The van der Waals surface area contributed by atoms with Crippen LogP contribution in [0.1, 0.15) is 33.1 Å². The number of hydrogen-bond donors (Lipinski definition) is 4. The Labute approximate surface area is 119 Å². The second-order valence-electron chi connectivity index (χ2n) is 5.11. The SMILES string of the molecule is CNC(=O)[C@](N)(CCCCN)C(=O)N[C@H]([C]=O)C(C)C. The Balaban J connectivity index is 4.97. The largest absolute Gasteiger partial charge is 0.357 e. The van der Waals surface area contributed by atoms with Crippen molar-refractivity contribution in [2.24, 2.45) is 17.4 Å². The van der Waals surface area contributed by atoms with Crippen molar-refractivity contribution in [1.82, 2.24) is 10.6 Å². The molecule has 0 aliphatic carbocycles. The van der Waals surface area contributed by atoms with Gasteiger partial charge < -0.3 is 22.1 Å². The van der Waals surface area contributed by atoms with Crippen LogP contribution in [-0.4, -0.2) is 43.3 Å². The highest BCUT2D eigenvalue weighted by Crippen LogP contribution is 2.13. The summed E-state index contributed by atoms with van der Waals surface area (Å²) in [5.41, 5.74) is 9.64. The van der Waals surface area contributed by atoms with E-state index in [0.29, 0.717) is 19.4 Å². The van der Waals surface area contributed by atoms with Gasteiger partial charge in [-0.05, 0) is 31.7 Å². The Hall–Kier alpha value is -1.47. The first kappa shape index (κ1) is 18.5. The summed E-state index contributed by atoms with van der Waals surface area (Å²) in [5, 5.41) is 4.85. The predicted molar refractivity (Wildman–Crippen MR) is 76.4 cm³/mol. The molecule has 115 valence electrons. The molecule has 0 heterocycles. The number of nitrogens with two attached hydrogens (primary N) is 2. The Bertz CT molecular complexity index is 347. The molecule has 0 spiro atoms. The maximum absolute atomic E-state index is 12.2. The van der Waals surface area contributed by atoms with Crippen molar-refractivity contribution in [2.45, 2.75) is 44.7 Å². The smallest absolute Gasteiger partial charge is 0.250 e. The number of unbranched alkanes of at least 4 members (excludes halogenated alkanes) is 1. The minimum Gasteiger partial charge on any atom is -0.357 e. The van der Waals surface area contributed by atoms with Crippen molar-refractivity contribution in [1.29, 1.82) is 0 Å². The van der Waals surface area contributed by atoms with Crippen LogP contribution in [0.3, 0.4) is 0 Å². The molecule has 0 rings (SSSR count). The molecule has 0 aromatic rings. The van der Waals surface area contributed by atoms with Crippen molar-refractivity contribution >= 4 is 18.1 Å². The zero-order valence-electron chi connectivity index (χ0n) is 12.4. The number of nitrogens with one attached hydrogen (secondary N) is 2. The van der Waals surface area contributed by atoms with Gasteiger partial charge in [-0.25, -0.2) is 0 Å². The Morgan fingerprint density at radius 3 is 2.25 bits per heavy atom. The third-order valence-corrected chi connectivity index (χ3v) is 3.14. The van der Waals surface area contributed by atoms with Crippen LogP contribution in [0.5, 0.6) is 0 Å². The molecule has 0 aliphatic rings. The Morgan fingerprint density at radius 1 is 1.25 bits per heavy atom. The van der Waals surface area contributed by atoms with E-state index in [4.69, 9.17) is 11.5 Å². The molecule has 0 saturated carbocycles. The molecule has 0 aliphatic heterocycles. The topological polar surface area (TPSA) is 127 Å². The van der Waals surface area contributed by atoms with Crippen molar-refractivity contribution in [3.8, 4) is 0 Å². The molecular formula is C13H25N4O3. The average Bonchev–Trinajstić information content (AvgIpc) is 2.42. The highest BCUT2D eigenvalue weighted by atomic mass is 16.2. The quantitative estimate of drug-likeness (QED) is 0.313. The first-order chi connectivity index (χ1) is 9.33. The summed E-state index contributed by atoms with van der Waals surface area (Å²) in [6, 6.07) is -0.787. The molecule has 20 heavy (non-hydrogen) atoms. The Kier molecular flexibility index (Phi) is 8.02. The van der Waals surface area contributed by atoms with E-state index >= 15 is 0 Å². The molecule has 0 aromatic carbocycles. The highest BCUT2D eigenvalue weighted by Gasteiger charge is 2.41. The van der Waals surface area contributed by atoms with Gasteiger partial charge in [-0.2, -0.15) is 0 Å². The highest BCUT2D eigenvalue weighted by molar-refractivity contribution is 6.09. The molecular weight excluding hydrogens is 260 g/mol. The summed E-state index contributed by atoms with van der Waals surface area (Å²) in [6.45, 7) is 3.99. The zero-order chi connectivity index (χ0) is 15.8. The van der Waals surface area contributed by atoms with Crippen molar-refractivity contribution in [3.63, 3.8) is 0 Å². The summed E-state index contributed by atoms with van der Waals surface area (Å²) >= 11 is 0. The van der Waals surface area contributed by atoms with Gasteiger partial charge in [0.05, 0.1) is 6.04 Å². The van der Waals surface area contributed by atoms with Crippen molar-refractivity contribution in [3.05, 3.63) is 0 Å². The summed E-state index contributed by atoms with van der Waals surface area (Å²) < 4.78 is 0. The number of carbonyl (C=O) groups excluding carboxylic acids is 3. The number of amides is 2. The average molecular weight is 285 g/mol. The maximum atomic E-state index is 12.2. The van der Waals surface area contributed by atoms with Crippen molar-refractivity contribution in [2.75, 3.05) is 13.6 Å². The lowest BCUT2D eigenvalue weighted by Gasteiger charge is -2.28. The molecule has 0 unspecified atom stereocenters. The number of rotatable bonds is 9.